The molecule has 10 nitrogen and oxygen atoms in total. The predicted molar refractivity (Wildman–Crippen MR) is 142 cm³/mol. The van der Waals surface area contributed by atoms with E-state index in [2.05, 4.69) is 0 Å². The number of aliphatic carboxylic acids is 5. The van der Waals surface area contributed by atoms with Crippen molar-refractivity contribution in [3.8, 4) is 0 Å². The van der Waals surface area contributed by atoms with E-state index in [0.717, 1.165) is 0 Å². The highest BCUT2D eigenvalue weighted by Gasteiger charge is 2.72. The van der Waals surface area contributed by atoms with Crippen molar-refractivity contribution < 1.29 is 66.5 Å². The van der Waals surface area contributed by atoms with E-state index in [1.807, 2.05) is 0 Å². The third-order valence-electron chi connectivity index (χ3n) is 6.90. The van der Waals surface area contributed by atoms with Crippen molar-refractivity contribution in [3.63, 3.8) is 0 Å². The van der Waals surface area contributed by atoms with Gasteiger partial charge < -0.3 is 42.5 Å². The average molecular weight is 633 g/mol. The van der Waals surface area contributed by atoms with Gasteiger partial charge in [0.1, 0.15) is 23.2 Å². The summed E-state index contributed by atoms with van der Waals surface area (Å²) < 4.78 is 0. The quantitative estimate of drug-likeness (QED) is 0.119. The SMILES string of the molecule is O=C(O)C(CCCC(C(=O)O)(C(=O)O)[P+](c1ccccc1)(c1ccccc1)c1ccccc1)(C(=O)O)C(=O)O.[Br-]. The van der Waals surface area contributed by atoms with Gasteiger partial charge in [-0.2, -0.15) is 0 Å². The summed E-state index contributed by atoms with van der Waals surface area (Å²) in [4.78, 5) is 62.0. The normalized spacial score (nSPS) is 11.6. The molecule has 0 bridgehead atoms. The summed E-state index contributed by atoms with van der Waals surface area (Å²) in [6, 6.07) is 24.7. The van der Waals surface area contributed by atoms with Gasteiger partial charge in [0.25, 0.3) is 10.6 Å². The summed E-state index contributed by atoms with van der Waals surface area (Å²) in [7, 11) is -3.70. The highest BCUT2D eigenvalue weighted by molar-refractivity contribution is 7.98. The number of carboxylic acids is 5. The maximum absolute atomic E-state index is 13.3. The highest BCUT2D eigenvalue weighted by Crippen LogP contribution is 2.68. The fourth-order valence-corrected chi connectivity index (χ4v) is 10.2. The first-order chi connectivity index (χ1) is 18.5. The van der Waals surface area contributed by atoms with E-state index < -0.39 is 66.9 Å². The molecule has 5 N–H and O–H groups in total. The predicted octanol–water partition coefficient (Wildman–Crippen LogP) is -0.697. The summed E-state index contributed by atoms with van der Waals surface area (Å²) >= 11 is 0. The van der Waals surface area contributed by atoms with Crippen LogP contribution in [0, 0.1) is 5.41 Å². The zero-order valence-corrected chi connectivity index (χ0v) is 23.4. The van der Waals surface area contributed by atoms with E-state index in [1.54, 1.807) is 91.0 Å². The van der Waals surface area contributed by atoms with Crippen molar-refractivity contribution in [2.24, 2.45) is 5.41 Å². The number of halogens is 1. The maximum Gasteiger partial charge on any atom is 0.360 e. The van der Waals surface area contributed by atoms with Gasteiger partial charge >= 0.3 is 29.8 Å². The van der Waals surface area contributed by atoms with Gasteiger partial charge in [-0.3, -0.25) is 14.4 Å². The Morgan fingerprint density at radius 1 is 0.500 bits per heavy atom. The van der Waals surface area contributed by atoms with Gasteiger partial charge in [0.15, 0.2) is 0 Å². The van der Waals surface area contributed by atoms with Gasteiger partial charge in [0, 0.05) is 6.42 Å². The molecule has 3 aromatic rings. The molecule has 0 amide bonds. The van der Waals surface area contributed by atoms with Crippen LogP contribution in [0.1, 0.15) is 19.3 Å². The second-order valence-corrected chi connectivity index (χ2v) is 12.5. The lowest BCUT2D eigenvalue weighted by atomic mass is 9.81. The van der Waals surface area contributed by atoms with Crippen LogP contribution in [0.5, 0.6) is 0 Å². The molecule has 0 radical (unpaired) electrons. The Morgan fingerprint density at radius 3 is 1.05 bits per heavy atom. The second kappa shape index (κ2) is 12.8. The van der Waals surface area contributed by atoms with Crippen LogP contribution in [0.15, 0.2) is 91.0 Å². The van der Waals surface area contributed by atoms with Crippen molar-refractivity contribution in [2.45, 2.75) is 24.4 Å². The summed E-state index contributed by atoms with van der Waals surface area (Å²) in [6.45, 7) is 0. The Labute approximate surface area is 240 Å². The van der Waals surface area contributed by atoms with E-state index in [9.17, 15) is 49.5 Å². The van der Waals surface area contributed by atoms with Crippen LogP contribution in [-0.4, -0.2) is 60.5 Å². The summed E-state index contributed by atoms with van der Waals surface area (Å²) in [5.41, 5.74) is -3.28. The summed E-state index contributed by atoms with van der Waals surface area (Å²) in [5, 5.41) is 48.7. The first kappa shape index (κ1) is 32.1. The molecule has 0 aliphatic carbocycles. The molecule has 0 fully saturated rings. The molecular weight excluding hydrogens is 607 g/mol. The average Bonchev–Trinajstić information content (AvgIpc) is 2.91. The lowest BCUT2D eigenvalue weighted by molar-refractivity contribution is -0.176. The molecule has 3 aromatic carbocycles. The number of rotatable bonds is 13. The molecule has 40 heavy (non-hydrogen) atoms. The molecule has 0 atom stereocenters. The monoisotopic (exact) mass is 632 g/mol. The Kier molecular flexibility index (Phi) is 10.3. The van der Waals surface area contributed by atoms with Crippen LogP contribution >= 0.6 is 7.26 Å². The molecule has 210 valence electrons. The number of hydrogen-bond donors (Lipinski definition) is 5. The van der Waals surface area contributed by atoms with E-state index in [-0.39, 0.29) is 17.0 Å². The molecule has 0 aromatic heterocycles. The molecule has 0 aliphatic rings. The molecular formula is C28H26BrO10P. The molecule has 0 aliphatic heterocycles. The molecule has 0 saturated heterocycles. The highest BCUT2D eigenvalue weighted by atomic mass is 79.9. The van der Waals surface area contributed by atoms with Crippen LogP contribution in [0.2, 0.25) is 0 Å². The number of benzene rings is 3. The Morgan fingerprint density at radius 2 is 0.800 bits per heavy atom. The zero-order valence-electron chi connectivity index (χ0n) is 20.9. The minimum atomic E-state index is -3.70. The van der Waals surface area contributed by atoms with Gasteiger partial charge in [-0.15, -0.1) is 0 Å². The van der Waals surface area contributed by atoms with Gasteiger partial charge in [0.2, 0.25) is 0 Å². The van der Waals surface area contributed by atoms with Crippen molar-refractivity contribution in [1.29, 1.82) is 0 Å². The topological polar surface area (TPSA) is 186 Å². The van der Waals surface area contributed by atoms with Crippen LogP contribution in [0.3, 0.4) is 0 Å². The Hall–Kier alpha value is -4.08. The molecule has 0 saturated carbocycles. The summed E-state index contributed by atoms with van der Waals surface area (Å²) in [5.74, 6) is -9.87. The largest absolute Gasteiger partial charge is 1.00 e. The minimum Gasteiger partial charge on any atom is -1.00 e. The van der Waals surface area contributed by atoms with E-state index in [1.165, 1.54) is 0 Å². The maximum atomic E-state index is 13.3. The zero-order chi connectivity index (χ0) is 28.8. The molecule has 0 heterocycles. The lowest BCUT2D eigenvalue weighted by Crippen LogP contribution is -3.00. The second-order valence-electron chi connectivity index (χ2n) is 8.82. The number of carbonyl (C=O) groups is 5. The smallest absolute Gasteiger partial charge is 0.360 e. The lowest BCUT2D eigenvalue weighted by Gasteiger charge is -2.39. The molecule has 0 spiro atoms. The molecule has 12 heteroatoms. The van der Waals surface area contributed by atoms with Gasteiger partial charge in [-0.1, -0.05) is 54.6 Å². The fourth-order valence-electron chi connectivity index (χ4n) is 5.03. The summed E-state index contributed by atoms with van der Waals surface area (Å²) in [6.07, 6.45) is -2.43. The first-order valence-electron chi connectivity index (χ1n) is 11.7. The van der Waals surface area contributed by atoms with Crippen LogP contribution in [0.25, 0.3) is 0 Å². The van der Waals surface area contributed by atoms with Crippen molar-refractivity contribution in [3.05, 3.63) is 91.0 Å². The number of carboxylic acid groups (broad SMARTS) is 5. The molecule has 0 unspecified atom stereocenters. The van der Waals surface area contributed by atoms with E-state index in [0.29, 0.717) is 15.9 Å². The van der Waals surface area contributed by atoms with Gasteiger partial charge in [-0.05, 0) is 49.2 Å². The Balaban J connectivity index is 0.00000560. The Bertz CT molecular complexity index is 1230. The van der Waals surface area contributed by atoms with Gasteiger partial charge in [-0.25, -0.2) is 9.59 Å². The number of hydrogen-bond acceptors (Lipinski definition) is 5. The molecule has 3 rings (SSSR count). The van der Waals surface area contributed by atoms with Crippen LogP contribution in [-0.2, 0) is 24.0 Å². The van der Waals surface area contributed by atoms with Crippen molar-refractivity contribution in [2.75, 3.05) is 0 Å². The third-order valence-corrected chi connectivity index (χ3v) is 11.9. The van der Waals surface area contributed by atoms with Crippen molar-refractivity contribution >= 4 is 53.0 Å². The van der Waals surface area contributed by atoms with Crippen LogP contribution in [0.4, 0.5) is 0 Å². The van der Waals surface area contributed by atoms with Crippen molar-refractivity contribution in [1.82, 2.24) is 0 Å². The van der Waals surface area contributed by atoms with Crippen LogP contribution < -0.4 is 32.9 Å². The van der Waals surface area contributed by atoms with Gasteiger partial charge in [0.05, 0.1) is 0 Å². The van der Waals surface area contributed by atoms with E-state index in [4.69, 9.17) is 0 Å². The fraction of sp³-hybridized carbons (Fsp3) is 0.179. The van der Waals surface area contributed by atoms with E-state index >= 15 is 0 Å². The standard InChI is InChI=1S/C28H25O10P.BrH/c29-22(30)27(23(31)32,24(33)34)17-10-18-28(25(35)36,26(37)38)39(19-11-4-1-5-12-19,20-13-6-2-7-14-20)21-15-8-3-9-16-21;/h1-9,11-16H,10,17-18H2,(H4-,29,30,31,32,33,34,35,36,37,38);1H. The minimum absolute atomic E-state index is 0. The third kappa shape index (κ3) is 5.10. The first-order valence-corrected chi connectivity index (χ1v) is 13.5.